The van der Waals surface area contributed by atoms with Gasteiger partial charge in [-0.3, -0.25) is 0 Å². The molecule has 0 spiro atoms. The Kier molecular flexibility index (Phi) is 3.14. The molecule has 0 radical (unpaired) electrons. The zero-order valence-corrected chi connectivity index (χ0v) is 11.3. The van der Waals surface area contributed by atoms with Crippen LogP contribution in [-0.4, -0.2) is 21.8 Å². The molecule has 2 aromatic rings. The van der Waals surface area contributed by atoms with Gasteiger partial charge in [0.05, 0.1) is 22.9 Å². The van der Waals surface area contributed by atoms with Crippen molar-refractivity contribution in [3.63, 3.8) is 0 Å². The summed E-state index contributed by atoms with van der Waals surface area (Å²) in [4.78, 5) is 10.2. The Balaban J connectivity index is 2.15. The summed E-state index contributed by atoms with van der Waals surface area (Å²) in [6, 6.07) is 7.76. The van der Waals surface area contributed by atoms with Crippen LogP contribution >= 0.6 is 23.4 Å². The van der Waals surface area contributed by atoms with Crippen LogP contribution in [0.15, 0.2) is 30.3 Å². The molecule has 0 fully saturated rings. The summed E-state index contributed by atoms with van der Waals surface area (Å²) in [5.74, 6) is 0.554. The van der Waals surface area contributed by atoms with E-state index in [1.165, 1.54) is 0 Å². The smallest absolute Gasteiger partial charge is 0.241 e. The third-order valence-corrected chi connectivity index (χ3v) is 4.22. The van der Waals surface area contributed by atoms with E-state index in [4.69, 9.17) is 16.3 Å². The fraction of sp³-hybridized carbons (Fsp3) is 0.231. The number of alkyl halides is 1. The zero-order chi connectivity index (χ0) is 12.5. The van der Waals surface area contributed by atoms with Gasteiger partial charge in [0.2, 0.25) is 5.88 Å². The summed E-state index contributed by atoms with van der Waals surface area (Å²) < 4.78 is 5.41. The van der Waals surface area contributed by atoms with E-state index < -0.39 is 0 Å². The number of halogens is 1. The summed E-state index contributed by atoms with van der Waals surface area (Å²) in [6.45, 7) is 0. The van der Waals surface area contributed by atoms with Gasteiger partial charge in [0.15, 0.2) is 0 Å². The normalized spacial score (nSPS) is 19.0. The number of hydrogen-bond acceptors (Lipinski definition) is 4. The standard InChI is InChI=1S/C13H11ClN2OS/c1-17-13-12(10-6-7-11(14)18-10)15-8-4-2-3-5-9(8)16-13/h2-6,11H,7H2,1H3. The Morgan fingerprint density at radius 1 is 1.28 bits per heavy atom. The molecule has 1 aliphatic heterocycles. The maximum atomic E-state index is 6.09. The Hall–Kier alpha value is -1.26. The molecule has 2 heterocycles. The molecule has 1 aromatic carbocycles. The second-order valence-electron chi connectivity index (χ2n) is 3.90. The molecule has 5 heteroatoms. The maximum absolute atomic E-state index is 6.09. The van der Waals surface area contributed by atoms with Gasteiger partial charge in [-0.1, -0.05) is 18.2 Å². The van der Waals surface area contributed by atoms with Crippen molar-refractivity contribution in [1.29, 1.82) is 0 Å². The van der Waals surface area contributed by atoms with E-state index in [1.807, 2.05) is 24.3 Å². The summed E-state index contributed by atoms with van der Waals surface area (Å²) in [5, 5.41) is 0. The summed E-state index contributed by atoms with van der Waals surface area (Å²) >= 11 is 7.69. The first-order valence-electron chi connectivity index (χ1n) is 5.60. The number of ether oxygens (including phenoxy) is 1. The van der Waals surface area contributed by atoms with Crippen molar-refractivity contribution < 1.29 is 4.74 Å². The predicted octanol–water partition coefficient (Wildman–Crippen LogP) is 3.68. The van der Waals surface area contributed by atoms with Gasteiger partial charge in [-0.15, -0.1) is 23.4 Å². The van der Waals surface area contributed by atoms with Gasteiger partial charge in [-0.25, -0.2) is 9.97 Å². The molecule has 92 valence electrons. The Labute approximate surface area is 114 Å². The molecule has 0 N–H and O–H groups in total. The Bertz CT molecular complexity index is 629. The summed E-state index contributed by atoms with van der Waals surface area (Å²) in [6.07, 6.45) is 2.93. The average molecular weight is 279 g/mol. The van der Waals surface area contributed by atoms with Gasteiger partial charge in [0, 0.05) is 4.91 Å². The molecule has 0 saturated carbocycles. The first-order chi connectivity index (χ1) is 8.78. The monoisotopic (exact) mass is 278 g/mol. The van der Waals surface area contributed by atoms with Gasteiger partial charge in [-0.2, -0.15) is 0 Å². The molecule has 1 aromatic heterocycles. The number of hydrogen-bond donors (Lipinski definition) is 0. The maximum Gasteiger partial charge on any atom is 0.241 e. The highest BCUT2D eigenvalue weighted by molar-refractivity contribution is 8.10. The number of aromatic nitrogens is 2. The van der Waals surface area contributed by atoms with Crippen molar-refractivity contribution >= 4 is 39.3 Å². The molecule has 0 saturated heterocycles. The zero-order valence-electron chi connectivity index (χ0n) is 9.76. The average Bonchev–Trinajstić information content (AvgIpc) is 2.83. The highest BCUT2D eigenvalue weighted by Crippen LogP contribution is 2.42. The fourth-order valence-electron chi connectivity index (χ4n) is 1.87. The molecule has 1 aliphatic rings. The topological polar surface area (TPSA) is 35.0 Å². The van der Waals surface area contributed by atoms with Gasteiger partial charge in [0.25, 0.3) is 0 Å². The Morgan fingerprint density at radius 2 is 2.00 bits per heavy atom. The van der Waals surface area contributed by atoms with E-state index in [2.05, 4.69) is 16.0 Å². The number of nitrogens with zero attached hydrogens (tertiary/aromatic N) is 2. The molecule has 1 unspecified atom stereocenters. The van der Waals surface area contributed by atoms with Crippen LogP contribution in [0.2, 0.25) is 0 Å². The minimum atomic E-state index is 0.0815. The molecule has 0 aliphatic carbocycles. The number of benzene rings is 1. The molecule has 0 amide bonds. The minimum absolute atomic E-state index is 0.0815. The van der Waals surface area contributed by atoms with E-state index in [1.54, 1.807) is 18.9 Å². The molecule has 3 rings (SSSR count). The van der Waals surface area contributed by atoms with Crippen molar-refractivity contribution in [2.24, 2.45) is 0 Å². The summed E-state index contributed by atoms with van der Waals surface area (Å²) in [7, 11) is 1.61. The van der Waals surface area contributed by atoms with E-state index in [-0.39, 0.29) is 4.71 Å². The van der Waals surface area contributed by atoms with Crippen LogP contribution in [0.25, 0.3) is 15.9 Å². The lowest BCUT2D eigenvalue weighted by atomic mass is 10.2. The largest absolute Gasteiger partial charge is 0.479 e. The molecule has 1 atom stereocenters. The first-order valence-corrected chi connectivity index (χ1v) is 6.91. The number of rotatable bonds is 2. The third-order valence-electron chi connectivity index (χ3n) is 2.71. The fourth-order valence-corrected chi connectivity index (χ4v) is 3.15. The van der Waals surface area contributed by atoms with Crippen LogP contribution in [0.3, 0.4) is 0 Å². The van der Waals surface area contributed by atoms with Crippen LogP contribution in [0.5, 0.6) is 5.88 Å². The highest BCUT2D eigenvalue weighted by atomic mass is 35.5. The second-order valence-corrected chi connectivity index (χ2v) is 5.93. The van der Waals surface area contributed by atoms with E-state index in [9.17, 15) is 0 Å². The van der Waals surface area contributed by atoms with Gasteiger partial charge >= 0.3 is 0 Å². The number of allylic oxidation sites excluding steroid dienone is 1. The van der Waals surface area contributed by atoms with Crippen molar-refractivity contribution in [2.75, 3.05) is 7.11 Å². The molecule has 18 heavy (non-hydrogen) atoms. The third kappa shape index (κ3) is 2.06. The van der Waals surface area contributed by atoms with Crippen LogP contribution in [0.1, 0.15) is 12.1 Å². The highest BCUT2D eigenvalue weighted by Gasteiger charge is 2.21. The van der Waals surface area contributed by atoms with Crippen LogP contribution in [-0.2, 0) is 0 Å². The molecular weight excluding hydrogens is 268 g/mol. The number of thioether (sulfide) groups is 1. The van der Waals surface area contributed by atoms with Gasteiger partial charge in [-0.05, 0) is 18.6 Å². The lowest BCUT2D eigenvalue weighted by Crippen LogP contribution is -1.97. The quantitative estimate of drug-likeness (QED) is 0.785. The van der Waals surface area contributed by atoms with Crippen molar-refractivity contribution in [2.45, 2.75) is 11.1 Å². The number of methoxy groups -OCH3 is 1. The number of para-hydroxylation sites is 2. The van der Waals surface area contributed by atoms with Crippen LogP contribution in [0, 0.1) is 0 Å². The minimum Gasteiger partial charge on any atom is -0.479 e. The molecular formula is C13H11ClN2OS. The SMILES string of the molecule is COc1nc2ccccc2nc1C1=CCC(Cl)S1. The van der Waals surface area contributed by atoms with Crippen molar-refractivity contribution in [3.05, 3.63) is 36.0 Å². The predicted molar refractivity (Wildman–Crippen MR) is 75.9 cm³/mol. The lowest BCUT2D eigenvalue weighted by molar-refractivity contribution is 0.396. The van der Waals surface area contributed by atoms with Crippen LogP contribution in [0.4, 0.5) is 0 Å². The van der Waals surface area contributed by atoms with E-state index in [0.29, 0.717) is 5.88 Å². The van der Waals surface area contributed by atoms with E-state index in [0.717, 1.165) is 28.1 Å². The second kappa shape index (κ2) is 4.78. The summed E-state index contributed by atoms with van der Waals surface area (Å²) in [5.41, 5.74) is 2.49. The van der Waals surface area contributed by atoms with Gasteiger partial charge < -0.3 is 4.74 Å². The van der Waals surface area contributed by atoms with Crippen molar-refractivity contribution in [1.82, 2.24) is 9.97 Å². The Morgan fingerprint density at radius 3 is 2.61 bits per heavy atom. The van der Waals surface area contributed by atoms with E-state index >= 15 is 0 Å². The first kappa shape index (κ1) is 11.8. The molecule has 0 bridgehead atoms. The van der Waals surface area contributed by atoms with Gasteiger partial charge in [0.1, 0.15) is 5.69 Å². The molecule has 3 nitrogen and oxygen atoms in total. The lowest BCUT2D eigenvalue weighted by Gasteiger charge is -2.09. The number of fused-ring (bicyclic) bond motifs is 1. The van der Waals surface area contributed by atoms with Crippen molar-refractivity contribution in [3.8, 4) is 5.88 Å². The van der Waals surface area contributed by atoms with Crippen LogP contribution < -0.4 is 4.74 Å².